The van der Waals surface area contributed by atoms with Crippen LogP contribution in [0.5, 0.6) is 11.5 Å². The van der Waals surface area contributed by atoms with Crippen LogP contribution in [-0.2, 0) is 6.54 Å². The predicted octanol–water partition coefficient (Wildman–Crippen LogP) is 3.85. The molecule has 0 fully saturated rings. The normalized spacial score (nSPS) is 14.4. The van der Waals surface area contributed by atoms with Crippen LogP contribution >= 0.6 is 0 Å². The topological polar surface area (TPSA) is 73.6 Å². The molecule has 0 spiro atoms. The van der Waals surface area contributed by atoms with E-state index in [-0.39, 0.29) is 16.7 Å². The van der Waals surface area contributed by atoms with E-state index in [9.17, 15) is 10.1 Å². The van der Waals surface area contributed by atoms with Crippen molar-refractivity contribution in [2.24, 2.45) is 5.92 Å². The van der Waals surface area contributed by atoms with Crippen LogP contribution in [0.3, 0.4) is 0 Å². The first-order valence-electron chi connectivity index (χ1n) is 8.41. The summed E-state index contributed by atoms with van der Waals surface area (Å²) in [4.78, 5) is 10.4. The van der Waals surface area contributed by atoms with Crippen molar-refractivity contribution in [1.29, 1.82) is 0 Å². The fourth-order valence-corrected chi connectivity index (χ4v) is 2.96. The van der Waals surface area contributed by atoms with E-state index in [1.807, 2.05) is 12.1 Å². The predicted molar refractivity (Wildman–Crippen MR) is 94.9 cm³/mol. The molecular formula is C19H22N2O4. The minimum Gasteiger partial charge on any atom is -0.486 e. The summed E-state index contributed by atoms with van der Waals surface area (Å²) in [6.45, 7) is 6.10. The fraction of sp³-hybridized carbons (Fsp3) is 0.368. The van der Waals surface area contributed by atoms with Crippen molar-refractivity contribution >= 4 is 5.69 Å². The van der Waals surface area contributed by atoms with Crippen molar-refractivity contribution in [3.63, 3.8) is 0 Å². The number of non-ortho nitro benzene ring substituents is 1. The van der Waals surface area contributed by atoms with Gasteiger partial charge in [-0.05, 0) is 29.2 Å². The van der Waals surface area contributed by atoms with Gasteiger partial charge in [0.2, 0.25) is 0 Å². The number of hydrogen-bond donors (Lipinski definition) is 1. The smallest absolute Gasteiger partial charge is 0.269 e. The lowest BCUT2D eigenvalue weighted by Crippen LogP contribution is -2.25. The molecule has 132 valence electrons. The minimum atomic E-state index is -0.386. The van der Waals surface area contributed by atoms with Crippen LogP contribution in [0, 0.1) is 16.0 Å². The van der Waals surface area contributed by atoms with E-state index >= 15 is 0 Å². The molecule has 0 bridgehead atoms. The van der Waals surface area contributed by atoms with Crippen molar-refractivity contribution in [2.75, 3.05) is 13.2 Å². The largest absolute Gasteiger partial charge is 0.486 e. The average molecular weight is 342 g/mol. The molecule has 6 heteroatoms. The van der Waals surface area contributed by atoms with Crippen LogP contribution in [-0.4, -0.2) is 18.1 Å². The van der Waals surface area contributed by atoms with E-state index in [1.54, 1.807) is 12.1 Å². The van der Waals surface area contributed by atoms with Crippen LogP contribution in [0.1, 0.15) is 31.0 Å². The molecule has 0 saturated carbocycles. The van der Waals surface area contributed by atoms with Gasteiger partial charge in [0.15, 0.2) is 11.5 Å². The SMILES string of the molecule is CC(C)[C@@H](NCc1ccc([N+](=O)[O-])cc1)c1ccc2c(c1)OCCO2. The molecule has 3 rings (SSSR count). The number of rotatable bonds is 6. The van der Waals surface area contributed by atoms with Crippen molar-refractivity contribution < 1.29 is 14.4 Å². The number of nitrogens with zero attached hydrogens (tertiary/aromatic N) is 1. The highest BCUT2D eigenvalue weighted by molar-refractivity contribution is 5.44. The molecule has 25 heavy (non-hydrogen) atoms. The Morgan fingerprint density at radius 1 is 1.08 bits per heavy atom. The van der Waals surface area contributed by atoms with Gasteiger partial charge in [0.25, 0.3) is 5.69 Å². The Balaban J connectivity index is 1.72. The molecule has 1 atom stereocenters. The monoisotopic (exact) mass is 342 g/mol. The van der Waals surface area contributed by atoms with E-state index in [0.29, 0.717) is 25.7 Å². The molecule has 0 radical (unpaired) electrons. The minimum absolute atomic E-state index is 0.107. The highest BCUT2D eigenvalue weighted by atomic mass is 16.6. The first-order valence-corrected chi connectivity index (χ1v) is 8.41. The Bertz CT molecular complexity index is 744. The van der Waals surface area contributed by atoms with E-state index in [1.165, 1.54) is 12.1 Å². The van der Waals surface area contributed by atoms with Crippen LogP contribution in [0.25, 0.3) is 0 Å². The summed E-state index contributed by atoms with van der Waals surface area (Å²) in [6.07, 6.45) is 0. The summed E-state index contributed by atoms with van der Waals surface area (Å²) in [6, 6.07) is 12.8. The molecule has 0 amide bonds. The number of benzene rings is 2. The lowest BCUT2D eigenvalue weighted by molar-refractivity contribution is -0.384. The van der Waals surface area contributed by atoms with Crippen LogP contribution in [0.4, 0.5) is 5.69 Å². The van der Waals surface area contributed by atoms with E-state index < -0.39 is 0 Å². The summed E-state index contributed by atoms with van der Waals surface area (Å²) in [5.74, 6) is 1.94. The molecule has 6 nitrogen and oxygen atoms in total. The summed E-state index contributed by atoms with van der Waals surface area (Å²) >= 11 is 0. The number of nitro groups is 1. The molecule has 1 heterocycles. The lowest BCUT2D eigenvalue weighted by atomic mass is 9.95. The van der Waals surface area contributed by atoms with Gasteiger partial charge in [-0.2, -0.15) is 0 Å². The quantitative estimate of drug-likeness (QED) is 0.637. The zero-order valence-corrected chi connectivity index (χ0v) is 14.4. The summed E-state index contributed by atoms with van der Waals surface area (Å²) in [5, 5.41) is 14.3. The van der Waals surface area contributed by atoms with Crippen molar-refractivity contribution in [3.05, 3.63) is 63.7 Å². The zero-order valence-electron chi connectivity index (χ0n) is 14.4. The summed E-state index contributed by atoms with van der Waals surface area (Å²) in [7, 11) is 0. The van der Waals surface area contributed by atoms with Gasteiger partial charge < -0.3 is 14.8 Å². The van der Waals surface area contributed by atoms with Gasteiger partial charge >= 0.3 is 0 Å². The van der Waals surface area contributed by atoms with Gasteiger partial charge in [0, 0.05) is 24.7 Å². The van der Waals surface area contributed by atoms with Crippen molar-refractivity contribution in [3.8, 4) is 11.5 Å². The Morgan fingerprint density at radius 3 is 2.40 bits per heavy atom. The molecule has 0 unspecified atom stereocenters. The maximum atomic E-state index is 10.7. The first-order chi connectivity index (χ1) is 12.0. The Labute approximate surface area is 146 Å². The van der Waals surface area contributed by atoms with Gasteiger partial charge in [-0.15, -0.1) is 0 Å². The van der Waals surface area contributed by atoms with Gasteiger partial charge in [0.05, 0.1) is 4.92 Å². The average Bonchev–Trinajstić information content (AvgIpc) is 2.62. The Morgan fingerprint density at radius 2 is 1.76 bits per heavy atom. The van der Waals surface area contributed by atoms with Crippen LogP contribution in [0.15, 0.2) is 42.5 Å². The van der Waals surface area contributed by atoms with Gasteiger partial charge in [-0.25, -0.2) is 0 Å². The third-order valence-electron chi connectivity index (χ3n) is 4.27. The first kappa shape index (κ1) is 17.2. The standard InChI is InChI=1S/C19H22N2O4/c1-13(2)19(15-5-8-17-18(11-15)25-10-9-24-17)20-12-14-3-6-16(7-4-14)21(22)23/h3-8,11,13,19-20H,9-10,12H2,1-2H3/t19-/m1/s1. The molecule has 1 aliphatic heterocycles. The molecule has 1 N–H and O–H groups in total. The number of ether oxygens (including phenoxy) is 2. The molecule has 2 aromatic rings. The molecule has 0 saturated heterocycles. The van der Waals surface area contributed by atoms with Crippen LogP contribution < -0.4 is 14.8 Å². The second-order valence-corrected chi connectivity index (χ2v) is 6.43. The van der Waals surface area contributed by atoms with Crippen molar-refractivity contribution in [1.82, 2.24) is 5.32 Å². The molecule has 0 aliphatic carbocycles. The third-order valence-corrected chi connectivity index (χ3v) is 4.27. The molecule has 2 aromatic carbocycles. The molecule has 0 aromatic heterocycles. The highest BCUT2D eigenvalue weighted by Gasteiger charge is 2.19. The maximum absolute atomic E-state index is 10.7. The third kappa shape index (κ3) is 4.09. The number of hydrogen-bond acceptors (Lipinski definition) is 5. The lowest BCUT2D eigenvalue weighted by Gasteiger charge is -2.25. The van der Waals surface area contributed by atoms with Gasteiger partial charge in [0.1, 0.15) is 13.2 Å². The van der Waals surface area contributed by atoms with Gasteiger partial charge in [-0.1, -0.05) is 32.0 Å². The van der Waals surface area contributed by atoms with E-state index in [2.05, 4.69) is 25.2 Å². The molecular weight excluding hydrogens is 320 g/mol. The Hall–Kier alpha value is -2.60. The highest BCUT2D eigenvalue weighted by Crippen LogP contribution is 2.34. The summed E-state index contributed by atoms with van der Waals surface area (Å²) < 4.78 is 11.3. The maximum Gasteiger partial charge on any atom is 0.269 e. The molecule has 1 aliphatic rings. The number of nitro benzene ring substituents is 1. The van der Waals surface area contributed by atoms with Crippen molar-refractivity contribution in [2.45, 2.75) is 26.4 Å². The second-order valence-electron chi connectivity index (χ2n) is 6.43. The summed E-state index contributed by atoms with van der Waals surface area (Å²) in [5.41, 5.74) is 2.26. The zero-order chi connectivity index (χ0) is 17.8. The van der Waals surface area contributed by atoms with E-state index in [4.69, 9.17) is 9.47 Å². The fourth-order valence-electron chi connectivity index (χ4n) is 2.96. The Kier molecular flexibility index (Phi) is 5.19. The second kappa shape index (κ2) is 7.53. The number of fused-ring (bicyclic) bond motifs is 1. The van der Waals surface area contributed by atoms with Gasteiger partial charge in [-0.3, -0.25) is 10.1 Å². The number of nitrogens with one attached hydrogen (secondary N) is 1. The van der Waals surface area contributed by atoms with Crippen LogP contribution in [0.2, 0.25) is 0 Å². The van der Waals surface area contributed by atoms with E-state index in [0.717, 1.165) is 22.6 Å².